The Bertz CT molecular complexity index is 750. The van der Waals surface area contributed by atoms with Crippen LogP contribution in [-0.4, -0.2) is 24.7 Å². The minimum Gasteiger partial charge on any atom is -0.320 e. The van der Waals surface area contributed by atoms with Gasteiger partial charge in [-0.2, -0.15) is 5.10 Å². The molecule has 0 aliphatic rings. The fourth-order valence-electron chi connectivity index (χ4n) is 1.48. The number of thiophene rings is 1. The van der Waals surface area contributed by atoms with Crippen LogP contribution >= 0.6 is 11.3 Å². The summed E-state index contributed by atoms with van der Waals surface area (Å²) >= 11 is 1.45. The second-order valence-corrected chi connectivity index (χ2v) is 6.74. The zero-order chi connectivity index (χ0) is 14.6. The first kappa shape index (κ1) is 14.7. The predicted molar refractivity (Wildman–Crippen MR) is 77.5 cm³/mol. The van der Waals surface area contributed by atoms with E-state index in [1.54, 1.807) is 7.05 Å². The molecule has 106 valence electrons. The Kier molecular flexibility index (Phi) is 4.57. The van der Waals surface area contributed by atoms with Crippen molar-refractivity contribution in [2.75, 3.05) is 6.54 Å². The van der Waals surface area contributed by atoms with E-state index in [2.05, 4.69) is 21.7 Å². The molecule has 3 N–H and O–H groups in total. The van der Waals surface area contributed by atoms with E-state index in [0.29, 0.717) is 6.54 Å². The summed E-state index contributed by atoms with van der Waals surface area (Å²) in [7, 11) is -1.86. The SMILES string of the molecule is Cn1cc(S(=O)(=O)NCc2cc(C#CCN)cs2)cn1. The van der Waals surface area contributed by atoms with E-state index >= 15 is 0 Å². The number of aromatic nitrogens is 2. The molecule has 0 radical (unpaired) electrons. The van der Waals surface area contributed by atoms with Gasteiger partial charge in [0.2, 0.25) is 10.0 Å². The lowest BCUT2D eigenvalue weighted by molar-refractivity contribution is 0.581. The maximum absolute atomic E-state index is 12.0. The molecule has 0 unspecified atom stereocenters. The fourth-order valence-corrected chi connectivity index (χ4v) is 3.32. The van der Waals surface area contributed by atoms with Crippen molar-refractivity contribution in [2.24, 2.45) is 12.8 Å². The largest absolute Gasteiger partial charge is 0.320 e. The third-order valence-corrected chi connectivity index (χ3v) is 4.71. The highest BCUT2D eigenvalue weighted by molar-refractivity contribution is 7.89. The molecule has 2 aromatic heterocycles. The summed E-state index contributed by atoms with van der Waals surface area (Å²) in [6.45, 7) is 0.533. The lowest BCUT2D eigenvalue weighted by Gasteiger charge is -2.02. The number of sulfonamides is 1. The van der Waals surface area contributed by atoms with Gasteiger partial charge in [-0.3, -0.25) is 4.68 Å². The number of nitrogens with two attached hydrogens (primary N) is 1. The highest BCUT2D eigenvalue weighted by atomic mass is 32.2. The second-order valence-electron chi connectivity index (χ2n) is 3.98. The summed E-state index contributed by atoms with van der Waals surface area (Å²) in [5.41, 5.74) is 6.14. The topological polar surface area (TPSA) is 90.0 Å². The maximum Gasteiger partial charge on any atom is 0.244 e. The minimum absolute atomic E-state index is 0.153. The molecule has 2 heterocycles. The standard InChI is InChI=1S/C12H14N4O2S2/c1-16-8-12(7-14-16)20(17,18)15-6-11-5-10(9-19-11)3-2-4-13/h5,7-9,15H,4,6,13H2,1H3. The van der Waals surface area contributed by atoms with Gasteiger partial charge in [-0.25, -0.2) is 13.1 Å². The molecule has 0 aliphatic heterocycles. The number of aryl methyl sites for hydroxylation is 1. The van der Waals surface area contributed by atoms with Gasteiger partial charge in [-0.05, 0) is 6.07 Å². The molecule has 0 amide bonds. The smallest absolute Gasteiger partial charge is 0.244 e. The van der Waals surface area contributed by atoms with E-state index in [-0.39, 0.29) is 11.4 Å². The Morgan fingerprint density at radius 1 is 1.55 bits per heavy atom. The van der Waals surface area contributed by atoms with Crippen LogP contribution in [0.15, 0.2) is 28.7 Å². The Balaban J connectivity index is 2.03. The van der Waals surface area contributed by atoms with E-state index in [1.165, 1.54) is 28.4 Å². The predicted octanol–water partition coefficient (Wildman–Crippen LogP) is 0.270. The summed E-state index contributed by atoms with van der Waals surface area (Å²) < 4.78 is 28.0. The summed E-state index contributed by atoms with van der Waals surface area (Å²) in [5.74, 6) is 5.66. The van der Waals surface area contributed by atoms with Crippen LogP contribution in [0.5, 0.6) is 0 Å². The third-order valence-electron chi connectivity index (χ3n) is 2.42. The molecule has 20 heavy (non-hydrogen) atoms. The van der Waals surface area contributed by atoms with Crippen LogP contribution in [0.3, 0.4) is 0 Å². The molecule has 0 atom stereocenters. The molecule has 8 heteroatoms. The average molecular weight is 310 g/mol. The third kappa shape index (κ3) is 3.68. The van der Waals surface area contributed by atoms with E-state index in [9.17, 15) is 8.42 Å². The molecule has 0 saturated heterocycles. The van der Waals surface area contributed by atoms with Crippen molar-refractivity contribution in [1.82, 2.24) is 14.5 Å². The molecule has 0 aromatic carbocycles. The lowest BCUT2D eigenvalue weighted by Crippen LogP contribution is -2.22. The zero-order valence-electron chi connectivity index (χ0n) is 10.8. The number of hydrogen-bond acceptors (Lipinski definition) is 5. The van der Waals surface area contributed by atoms with Gasteiger partial charge < -0.3 is 5.73 Å². The first-order valence-corrected chi connectivity index (χ1v) is 8.12. The Hall–Kier alpha value is -1.66. The van der Waals surface area contributed by atoms with E-state index in [4.69, 9.17) is 5.73 Å². The van der Waals surface area contributed by atoms with Crippen molar-refractivity contribution >= 4 is 21.4 Å². The number of hydrogen-bond donors (Lipinski definition) is 2. The zero-order valence-corrected chi connectivity index (χ0v) is 12.5. The molecule has 2 aromatic rings. The normalized spacial score (nSPS) is 11.1. The molecule has 0 spiro atoms. The van der Waals surface area contributed by atoms with Crippen molar-refractivity contribution in [3.63, 3.8) is 0 Å². The van der Waals surface area contributed by atoms with Gasteiger partial charge in [-0.15, -0.1) is 11.3 Å². The first-order chi connectivity index (χ1) is 9.51. The van der Waals surface area contributed by atoms with Crippen LogP contribution in [0.4, 0.5) is 0 Å². The van der Waals surface area contributed by atoms with Crippen LogP contribution in [0.25, 0.3) is 0 Å². The summed E-state index contributed by atoms with van der Waals surface area (Å²) in [4.78, 5) is 1.04. The molecule has 0 fully saturated rings. The van der Waals surface area contributed by atoms with Crippen molar-refractivity contribution in [3.8, 4) is 11.8 Å². The van der Waals surface area contributed by atoms with E-state index in [0.717, 1.165) is 10.4 Å². The average Bonchev–Trinajstić information content (AvgIpc) is 3.03. The van der Waals surface area contributed by atoms with Gasteiger partial charge in [0, 0.05) is 35.6 Å². The van der Waals surface area contributed by atoms with Gasteiger partial charge in [0.1, 0.15) is 4.90 Å². The summed E-state index contributed by atoms with van der Waals surface area (Å²) in [6.07, 6.45) is 2.77. The van der Waals surface area contributed by atoms with E-state index in [1.807, 2.05) is 11.4 Å². The summed E-state index contributed by atoms with van der Waals surface area (Å²) in [6, 6.07) is 1.85. The first-order valence-electron chi connectivity index (χ1n) is 5.76. The van der Waals surface area contributed by atoms with Crippen LogP contribution in [0.1, 0.15) is 10.4 Å². The maximum atomic E-state index is 12.0. The number of nitrogens with one attached hydrogen (secondary N) is 1. The molecule has 0 bridgehead atoms. The van der Waals surface area contributed by atoms with Gasteiger partial charge in [0.05, 0.1) is 12.7 Å². The monoisotopic (exact) mass is 310 g/mol. The quantitative estimate of drug-likeness (QED) is 0.793. The molecular formula is C12H14N4O2S2. The molecular weight excluding hydrogens is 296 g/mol. The second kappa shape index (κ2) is 6.19. The fraction of sp³-hybridized carbons (Fsp3) is 0.250. The van der Waals surface area contributed by atoms with Gasteiger partial charge in [0.15, 0.2) is 0 Å². The van der Waals surface area contributed by atoms with Gasteiger partial charge in [-0.1, -0.05) is 11.8 Å². The van der Waals surface area contributed by atoms with E-state index < -0.39 is 10.0 Å². The molecule has 0 aliphatic carbocycles. The minimum atomic E-state index is -3.53. The number of nitrogens with zero attached hydrogens (tertiary/aromatic N) is 2. The summed E-state index contributed by atoms with van der Waals surface area (Å²) in [5, 5.41) is 5.72. The van der Waals surface area contributed by atoms with Crippen LogP contribution < -0.4 is 10.5 Å². The molecule has 6 nitrogen and oxygen atoms in total. The molecule has 0 saturated carbocycles. The van der Waals surface area contributed by atoms with Crippen molar-refractivity contribution < 1.29 is 8.42 Å². The van der Waals surface area contributed by atoms with Crippen LogP contribution in [0, 0.1) is 11.8 Å². The van der Waals surface area contributed by atoms with Gasteiger partial charge >= 0.3 is 0 Å². The highest BCUT2D eigenvalue weighted by Gasteiger charge is 2.15. The number of rotatable bonds is 4. The lowest BCUT2D eigenvalue weighted by atomic mass is 10.3. The van der Waals surface area contributed by atoms with Crippen molar-refractivity contribution in [3.05, 3.63) is 34.3 Å². The van der Waals surface area contributed by atoms with Gasteiger partial charge in [0.25, 0.3) is 0 Å². The van der Waals surface area contributed by atoms with Crippen molar-refractivity contribution in [2.45, 2.75) is 11.4 Å². The van der Waals surface area contributed by atoms with Crippen LogP contribution in [0.2, 0.25) is 0 Å². The Morgan fingerprint density at radius 2 is 2.35 bits per heavy atom. The highest BCUT2D eigenvalue weighted by Crippen LogP contribution is 2.15. The Morgan fingerprint density at radius 3 is 3.00 bits per heavy atom. The van der Waals surface area contributed by atoms with Crippen molar-refractivity contribution in [1.29, 1.82) is 0 Å². The van der Waals surface area contributed by atoms with Crippen LogP contribution in [-0.2, 0) is 23.6 Å². The Labute approximate surface area is 121 Å². The molecule has 2 rings (SSSR count).